The first kappa shape index (κ1) is 10.2. The van der Waals surface area contributed by atoms with Gasteiger partial charge < -0.3 is 0 Å². The normalized spacial score (nSPS) is 10.3. The Morgan fingerprint density at radius 3 is 2.73 bits per heavy atom. The van der Waals surface area contributed by atoms with Gasteiger partial charge in [-0.2, -0.15) is 5.10 Å². The van der Waals surface area contributed by atoms with Crippen LogP contribution >= 0.6 is 23.2 Å². The van der Waals surface area contributed by atoms with Crippen LogP contribution in [0.2, 0.25) is 10.0 Å². The second-order valence-electron chi connectivity index (χ2n) is 2.88. The molecule has 0 saturated carbocycles. The molecule has 0 bridgehead atoms. The molecular weight excluding hydrogens is 235 g/mol. The van der Waals surface area contributed by atoms with Gasteiger partial charge in [-0.15, -0.1) is 0 Å². The van der Waals surface area contributed by atoms with E-state index in [0.717, 1.165) is 0 Å². The number of aromatic nitrogens is 2. The highest BCUT2D eigenvalue weighted by Gasteiger charge is 2.12. The Labute approximate surface area is 96.2 Å². The van der Waals surface area contributed by atoms with Crippen molar-refractivity contribution in [3.8, 4) is 0 Å². The largest absolute Gasteiger partial charge is 0.279 e. The lowest BCUT2D eigenvalue weighted by Crippen LogP contribution is -2.12. The van der Waals surface area contributed by atoms with Crippen LogP contribution in [0.1, 0.15) is 10.4 Å². The molecule has 0 aliphatic heterocycles. The maximum absolute atomic E-state index is 11.8. The zero-order valence-corrected chi connectivity index (χ0v) is 9.03. The van der Waals surface area contributed by atoms with E-state index in [1.165, 1.54) is 16.9 Å². The van der Waals surface area contributed by atoms with Gasteiger partial charge in [0.15, 0.2) is 0 Å². The van der Waals surface area contributed by atoms with E-state index in [1.807, 2.05) is 0 Å². The van der Waals surface area contributed by atoms with Crippen LogP contribution in [0.3, 0.4) is 0 Å². The average Bonchev–Trinajstić information content (AvgIpc) is 2.69. The molecule has 1 aromatic carbocycles. The lowest BCUT2D eigenvalue weighted by Gasteiger charge is -2.03. The Bertz CT molecular complexity index is 494. The summed E-state index contributed by atoms with van der Waals surface area (Å²) in [6.07, 6.45) is 3.09. The van der Waals surface area contributed by atoms with Gasteiger partial charge in [-0.3, -0.25) is 4.79 Å². The Morgan fingerprint density at radius 1 is 1.33 bits per heavy atom. The third-order valence-electron chi connectivity index (χ3n) is 1.87. The van der Waals surface area contributed by atoms with E-state index in [-0.39, 0.29) is 5.91 Å². The summed E-state index contributed by atoms with van der Waals surface area (Å²) in [5.41, 5.74) is 0.379. The van der Waals surface area contributed by atoms with Crippen molar-refractivity contribution in [2.24, 2.45) is 0 Å². The highest BCUT2D eigenvalue weighted by molar-refractivity contribution is 6.36. The van der Waals surface area contributed by atoms with Crippen molar-refractivity contribution in [3.05, 3.63) is 52.3 Å². The number of carbonyl (C=O) groups is 1. The monoisotopic (exact) mass is 240 g/mol. The summed E-state index contributed by atoms with van der Waals surface area (Å²) in [5, 5.41) is 4.65. The summed E-state index contributed by atoms with van der Waals surface area (Å²) in [5.74, 6) is -0.276. The smallest absolute Gasteiger partial charge is 0.267 e. The third kappa shape index (κ3) is 2.03. The van der Waals surface area contributed by atoms with Gasteiger partial charge in [0.1, 0.15) is 0 Å². The van der Waals surface area contributed by atoms with Crippen molar-refractivity contribution in [3.63, 3.8) is 0 Å². The second kappa shape index (κ2) is 4.04. The van der Waals surface area contributed by atoms with Crippen LogP contribution in [0, 0.1) is 0 Å². The highest BCUT2D eigenvalue weighted by atomic mass is 35.5. The minimum absolute atomic E-state index is 0.276. The summed E-state index contributed by atoms with van der Waals surface area (Å²) in [7, 11) is 0. The maximum Gasteiger partial charge on any atom is 0.279 e. The molecule has 2 aromatic rings. The summed E-state index contributed by atoms with van der Waals surface area (Å²) < 4.78 is 1.22. The summed E-state index contributed by atoms with van der Waals surface area (Å²) in [6, 6.07) is 6.39. The number of halogens is 2. The lowest BCUT2D eigenvalue weighted by atomic mass is 10.2. The van der Waals surface area contributed by atoms with E-state index in [2.05, 4.69) is 5.10 Å². The summed E-state index contributed by atoms with van der Waals surface area (Å²) >= 11 is 11.6. The second-order valence-corrected chi connectivity index (χ2v) is 3.72. The van der Waals surface area contributed by atoms with Gasteiger partial charge >= 0.3 is 0 Å². The summed E-state index contributed by atoms with van der Waals surface area (Å²) in [4.78, 5) is 11.8. The lowest BCUT2D eigenvalue weighted by molar-refractivity contribution is 0.0945. The van der Waals surface area contributed by atoms with Crippen LogP contribution in [0.5, 0.6) is 0 Å². The fraction of sp³-hybridized carbons (Fsp3) is 0. The van der Waals surface area contributed by atoms with Crippen molar-refractivity contribution in [1.29, 1.82) is 0 Å². The molecule has 0 radical (unpaired) electrons. The maximum atomic E-state index is 11.8. The Kier molecular flexibility index (Phi) is 2.75. The Balaban J connectivity index is 2.42. The van der Waals surface area contributed by atoms with E-state index >= 15 is 0 Å². The summed E-state index contributed by atoms with van der Waals surface area (Å²) in [6.45, 7) is 0. The van der Waals surface area contributed by atoms with E-state index in [1.54, 1.807) is 24.4 Å². The fourth-order valence-electron chi connectivity index (χ4n) is 1.18. The Morgan fingerprint density at radius 2 is 2.13 bits per heavy atom. The van der Waals surface area contributed by atoms with Gasteiger partial charge in [0.05, 0.1) is 10.6 Å². The standard InChI is InChI=1S/C10H6Cl2N2O/c11-7-2-3-8(9(12)6-7)10(15)14-5-1-4-13-14/h1-6H. The first-order valence-electron chi connectivity index (χ1n) is 4.18. The predicted molar refractivity (Wildman–Crippen MR) is 58.4 cm³/mol. The van der Waals surface area contributed by atoms with Gasteiger partial charge in [0, 0.05) is 17.4 Å². The molecule has 5 heteroatoms. The third-order valence-corrected chi connectivity index (χ3v) is 2.42. The molecule has 0 atom stereocenters. The molecule has 3 nitrogen and oxygen atoms in total. The van der Waals surface area contributed by atoms with Crippen LogP contribution in [0.15, 0.2) is 36.7 Å². The van der Waals surface area contributed by atoms with Gasteiger partial charge in [-0.05, 0) is 24.3 Å². The van der Waals surface area contributed by atoms with Gasteiger partial charge in [0.25, 0.3) is 5.91 Å². The molecular formula is C10H6Cl2N2O. The Hall–Kier alpha value is -1.32. The number of rotatable bonds is 1. The van der Waals surface area contributed by atoms with E-state index in [4.69, 9.17) is 23.2 Å². The van der Waals surface area contributed by atoms with Crippen LogP contribution < -0.4 is 0 Å². The van der Waals surface area contributed by atoms with Crippen molar-refractivity contribution < 1.29 is 4.79 Å². The molecule has 15 heavy (non-hydrogen) atoms. The van der Waals surface area contributed by atoms with Crippen LogP contribution in [-0.4, -0.2) is 15.7 Å². The molecule has 1 heterocycles. The van der Waals surface area contributed by atoms with Crippen molar-refractivity contribution in [1.82, 2.24) is 9.78 Å². The van der Waals surface area contributed by atoms with Gasteiger partial charge in [-0.25, -0.2) is 4.68 Å². The molecule has 2 rings (SSSR count). The van der Waals surface area contributed by atoms with Gasteiger partial charge in [-0.1, -0.05) is 23.2 Å². The SMILES string of the molecule is O=C(c1ccc(Cl)cc1Cl)n1cccn1. The zero-order valence-electron chi connectivity index (χ0n) is 7.52. The van der Waals surface area contributed by atoms with Crippen LogP contribution in [-0.2, 0) is 0 Å². The van der Waals surface area contributed by atoms with E-state index < -0.39 is 0 Å². The minimum Gasteiger partial charge on any atom is -0.267 e. The fourth-order valence-corrected chi connectivity index (χ4v) is 1.66. The number of nitrogens with zero attached hydrogens (tertiary/aromatic N) is 2. The first-order valence-corrected chi connectivity index (χ1v) is 4.93. The molecule has 0 N–H and O–H groups in total. The molecule has 0 amide bonds. The quantitative estimate of drug-likeness (QED) is 0.769. The van der Waals surface area contributed by atoms with Crippen molar-refractivity contribution in [2.75, 3.05) is 0 Å². The number of carbonyl (C=O) groups excluding carboxylic acids is 1. The molecule has 0 saturated heterocycles. The van der Waals surface area contributed by atoms with Crippen LogP contribution in [0.25, 0.3) is 0 Å². The van der Waals surface area contributed by atoms with E-state index in [9.17, 15) is 4.79 Å². The minimum atomic E-state index is -0.276. The van der Waals surface area contributed by atoms with Crippen molar-refractivity contribution in [2.45, 2.75) is 0 Å². The highest BCUT2D eigenvalue weighted by Crippen LogP contribution is 2.21. The first-order chi connectivity index (χ1) is 7.18. The number of benzene rings is 1. The molecule has 1 aromatic heterocycles. The van der Waals surface area contributed by atoms with E-state index in [0.29, 0.717) is 15.6 Å². The van der Waals surface area contributed by atoms with Crippen molar-refractivity contribution >= 4 is 29.1 Å². The molecule has 0 aliphatic rings. The topological polar surface area (TPSA) is 34.9 Å². The predicted octanol–water partition coefficient (Wildman–Crippen LogP) is 2.88. The molecule has 0 unspecified atom stereocenters. The number of hydrogen-bond donors (Lipinski definition) is 0. The van der Waals surface area contributed by atoms with Gasteiger partial charge in [0.2, 0.25) is 0 Å². The number of hydrogen-bond acceptors (Lipinski definition) is 2. The van der Waals surface area contributed by atoms with Crippen LogP contribution in [0.4, 0.5) is 0 Å². The molecule has 0 aliphatic carbocycles. The molecule has 76 valence electrons. The molecule has 0 spiro atoms. The zero-order chi connectivity index (χ0) is 10.8. The average molecular weight is 241 g/mol. The molecule has 0 fully saturated rings.